The molecule has 114 valence electrons. The molecule has 6 heteroatoms. The Morgan fingerprint density at radius 1 is 1.43 bits per heavy atom. The van der Waals surface area contributed by atoms with E-state index in [9.17, 15) is 9.90 Å². The van der Waals surface area contributed by atoms with Crippen molar-refractivity contribution in [2.24, 2.45) is 14.1 Å². The van der Waals surface area contributed by atoms with E-state index in [1.807, 2.05) is 50.8 Å². The molecule has 2 aromatic rings. The maximum Gasteiger partial charge on any atom is 0.255 e. The smallest absolute Gasteiger partial charge is 0.255 e. The summed E-state index contributed by atoms with van der Waals surface area (Å²) < 4.78 is 3.57. The lowest BCUT2D eigenvalue weighted by molar-refractivity contribution is 0.0940. The molecule has 0 aliphatic heterocycles. The summed E-state index contributed by atoms with van der Waals surface area (Å²) in [6, 6.07) is 3.77. The van der Waals surface area contributed by atoms with Gasteiger partial charge in [-0.2, -0.15) is 5.10 Å². The summed E-state index contributed by atoms with van der Waals surface area (Å²) in [4.78, 5) is 12.2. The average molecular weight is 290 g/mol. The van der Waals surface area contributed by atoms with E-state index in [2.05, 4.69) is 10.4 Å². The lowest BCUT2D eigenvalue weighted by Gasteiger charge is -2.12. The number of aliphatic hydroxyl groups excluding tert-OH is 1. The molecule has 6 nitrogen and oxygen atoms in total. The van der Waals surface area contributed by atoms with E-state index in [4.69, 9.17) is 0 Å². The second-order valence-corrected chi connectivity index (χ2v) is 5.27. The first-order valence-corrected chi connectivity index (χ1v) is 6.99. The zero-order valence-corrected chi connectivity index (χ0v) is 12.9. The zero-order valence-electron chi connectivity index (χ0n) is 12.9. The second kappa shape index (κ2) is 6.13. The molecule has 1 atom stereocenters. The quantitative estimate of drug-likeness (QED) is 0.870. The molecular formula is C15H22N4O2. The Bertz CT molecular complexity index is 642. The summed E-state index contributed by atoms with van der Waals surface area (Å²) >= 11 is 0. The number of carbonyl (C=O) groups excluding carboxylic acids is 1. The average Bonchev–Trinajstić information content (AvgIpc) is 2.94. The molecule has 0 aliphatic carbocycles. The van der Waals surface area contributed by atoms with Crippen LogP contribution in [-0.4, -0.2) is 31.9 Å². The largest absolute Gasteiger partial charge is 0.387 e. The Labute approximate surface area is 124 Å². The van der Waals surface area contributed by atoms with Gasteiger partial charge in [-0.1, -0.05) is 0 Å². The van der Waals surface area contributed by atoms with E-state index in [0.717, 1.165) is 17.1 Å². The van der Waals surface area contributed by atoms with Gasteiger partial charge in [0, 0.05) is 38.2 Å². The summed E-state index contributed by atoms with van der Waals surface area (Å²) in [6.45, 7) is 4.10. The van der Waals surface area contributed by atoms with Crippen molar-refractivity contribution in [3.8, 4) is 0 Å². The minimum Gasteiger partial charge on any atom is -0.387 e. The lowest BCUT2D eigenvalue weighted by Crippen LogP contribution is -2.27. The third-order valence-electron chi connectivity index (χ3n) is 3.76. The van der Waals surface area contributed by atoms with Gasteiger partial charge in [-0.25, -0.2) is 0 Å². The van der Waals surface area contributed by atoms with Crippen molar-refractivity contribution in [1.82, 2.24) is 19.7 Å². The maximum absolute atomic E-state index is 12.2. The van der Waals surface area contributed by atoms with Crippen LogP contribution in [0.5, 0.6) is 0 Å². The van der Waals surface area contributed by atoms with E-state index in [0.29, 0.717) is 18.5 Å². The first-order chi connectivity index (χ1) is 9.91. The van der Waals surface area contributed by atoms with Crippen molar-refractivity contribution >= 4 is 5.91 Å². The number of carbonyl (C=O) groups is 1. The minimum absolute atomic E-state index is 0.141. The van der Waals surface area contributed by atoms with Crippen LogP contribution in [0.1, 0.15) is 40.0 Å². The first kappa shape index (κ1) is 15.3. The molecule has 0 bridgehead atoms. The Morgan fingerprint density at radius 3 is 2.67 bits per heavy atom. The highest BCUT2D eigenvalue weighted by molar-refractivity contribution is 5.96. The van der Waals surface area contributed by atoms with E-state index in [1.165, 1.54) is 0 Å². The fraction of sp³-hybridized carbons (Fsp3) is 0.467. The van der Waals surface area contributed by atoms with Gasteiger partial charge >= 0.3 is 0 Å². The number of nitrogens with zero attached hydrogens (tertiary/aromatic N) is 3. The summed E-state index contributed by atoms with van der Waals surface area (Å²) in [5.41, 5.74) is 3.02. The standard InChI is InChI=1S/C15H22N4O2/c1-10-14(11(2)19(4)17-10)15(21)16-8-7-13(20)12-6-5-9-18(12)3/h5-6,9,13,20H,7-8H2,1-4H3,(H,16,21). The minimum atomic E-state index is -0.582. The molecule has 21 heavy (non-hydrogen) atoms. The van der Waals surface area contributed by atoms with Crippen LogP contribution >= 0.6 is 0 Å². The molecule has 0 saturated carbocycles. The van der Waals surface area contributed by atoms with Crippen LogP contribution in [0.4, 0.5) is 0 Å². The van der Waals surface area contributed by atoms with E-state index in [1.54, 1.807) is 4.68 Å². The SMILES string of the molecule is Cc1nn(C)c(C)c1C(=O)NCCC(O)c1cccn1C. The van der Waals surface area contributed by atoms with Gasteiger partial charge in [0.05, 0.1) is 17.4 Å². The van der Waals surface area contributed by atoms with Crippen LogP contribution in [0.3, 0.4) is 0 Å². The van der Waals surface area contributed by atoms with Crippen LogP contribution in [0, 0.1) is 13.8 Å². The highest BCUT2D eigenvalue weighted by Gasteiger charge is 2.17. The second-order valence-electron chi connectivity index (χ2n) is 5.27. The van der Waals surface area contributed by atoms with Gasteiger partial charge in [0.1, 0.15) is 0 Å². The molecule has 0 aromatic carbocycles. The zero-order chi connectivity index (χ0) is 15.6. The lowest BCUT2D eigenvalue weighted by atomic mass is 10.1. The fourth-order valence-corrected chi connectivity index (χ4v) is 2.48. The molecule has 0 spiro atoms. The first-order valence-electron chi connectivity index (χ1n) is 6.99. The molecule has 2 aromatic heterocycles. The van der Waals surface area contributed by atoms with E-state index < -0.39 is 6.10 Å². The third-order valence-corrected chi connectivity index (χ3v) is 3.76. The maximum atomic E-state index is 12.2. The molecule has 2 rings (SSSR count). The molecule has 1 amide bonds. The molecule has 2 N–H and O–H groups in total. The number of nitrogens with one attached hydrogen (secondary N) is 1. The van der Waals surface area contributed by atoms with Crippen molar-refractivity contribution < 1.29 is 9.90 Å². The van der Waals surface area contributed by atoms with Gasteiger partial charge in [0.2, 0.25) is 0 Å². The van der Waals surface area contributed by atoms with Crippen molar-refractivity contribution in [3.05, 3.63) is 41.0 Å². The van der Waals surface area contributed by atoms with Gasteiger partial charge in [-0.15, -0.1) is 0 Å². The van der Waals surface area contributed by atoms with Crippen LogP contribution in [0.15, 0.2) is 18.3 Å². The number of amides is 1. The Hall–Kier alpha value is -2.08. The summed E-state index contributed by atoms with van der Waals surface area (Å²) in [7, 11) is 3.71. The molecule has 0 fully saturated rings. The monoisotopic (exact) mass is 290 g/mol. The molecule has 0 aliphatic rings. The Kier molecular flexibility index (Phi) is 4.47. The number of hydrogen-bond acceptors (Lipinski definition) is 3. The van der Waals surface area contributed by atoms with Gasteiger partial charge in [-0.05, 0) is 32.4 Å². The van der Waals surface area contributed by atoms with Crippen LogP contribution in [-0.2, 0) is 14.1 Å². The van der Waals surface area contributed by atoms with Crippen molar-refractivity contribution in [3.63, 3.8) is 0 Å². The van der Waals surface area contributed by atoms with Gasteiger partial charge < -0.3 is 15.0 Å². The van der Waals surface area contributed by atoms with Crippen molar-refractivity contribution in [2.45, 2.75) is 26.4 Å². The van der Waals surface area contributed by atoms with E-state index in [-0.39, 0.29) is 5.91 Å². The molecule has 0 saturated heterocycles. The Balaban J connectivity index is 1.92. The van der Waals surface area contributed by atoms with Gasteiger partial charge in [-0.3, -0.25) is 9.48 Å². The number of aliphatic hydroxyl groups is 1. The number of hydrogen-bond donors (Lipinski definition) is 2. The van der Waals surface area contributed by atoms with Crippen molar-refractivity contribution in [2.75, 3.05) is 6.54 Å². The molecule has 0 radical (unpaired) electrons. The van der Waals surface area contributed by atoms with Gasteiger partial charge in [0.25, 0.3) is 5.91 Å². The Morgan fingerprint density at radius 2 is 2.14 bits per heavy atom. The van der Waals surface area contributed by atoms with Crippen LogP contribution in [0.25, 0.3) is 0 Å². The molecule has 2 heterocycles. The predicted molar refractivity (Wildman–Crippen MR) is 80.0 cm³/mol. The topological polar surface area (TPSA) is 72.1 Å². The van der Waals surface area contributed by atoms with Crippen molar-refractivity contribution in [1.29, 1.82) is 0 Å². The normalized spacial score (nSPS) is 12.4. The third kappa shape index (κ3) is 3.16. The fourth-order valence-electron chi connectivity index (χ4n) is 2.48. The molecule has 1 unspecified atom stereocenters. The summed E-state index contributed by atoms with van der Waals surface area (Å²) in [5, 5.41) is 17.2. The van der Waals surface area contributed by atoms with E-state index >= 15 is 0 Å². The van der Waals surface area contributed by atoms with Crippen LogP contribution < -0.4 is 5.32 Å². The van der Waals surface area contributed by atoms with Crippen LogP contribution in [0.2, 0.25) is 0 Å². The number of aryl methyl sites for hydroxylation is 3. The summed E-state index contributed by atoms with van der Waals surface area (Å²) in [6.07, 6.45) is 1.78. The number of aromatic nitrogens is 3. The predicted octanol–water partition coefficient (Wildman–Crippen LogP) is 1.23. The van der Waals surface area contributed by atoms with Gasteiger partial charge in [0.15, 0.2) is 0 Å². The highest BCUT2D eigenvalue weighted by atomic mass is 16.3. The number of rotatable bonds is 5. The highest BCUT2D eigenvalue weighted by Crippen LogP contribution is 2.16. The summed E-state index contributed by atoms with van der Waals surface area (Å²) in [5.74, 6) is -0.141. The molecular weight excluding hydrogens is 268 g/mol.